The van der Waals surface area contributed by atoms with Gasteiger partial charge in [0.1, 0.15) is 11.5 Å². The molecule has 1 unspecified atom stereocenters. The van der Waals surface area contributed by atoms with Crippen LogP contribution in [-0.2, 0) is 0 Å². The minimum absolute atomic E-state index is 0.105. The molecule has 0 radical (unpaired) electrons. The first-order valence-corrected chi connectivity index (χ1v) is 7.07. The lowest BCUT2D eigenvalue weighted by molar-refractivity contribution is 0.392. The quantitative estimate of drug-likeness (QED) is 0.910. The summed E-state index contributed by atoms with van der Waals surface area (Å²) in [6.07, 6.45) is 0. The Kier molecular flexibility index (Phi) is 4.86. The van der Waals surface area contributed by atoms with Crippen molar-refractivity contribution in [2.45, 2.75) is 19.9 Å². The molecule has 112 valence electrons. The maximum absolute atomic E-state index is 5.37. The van der Waals surface area contributed by atoms with Crippen molar-refractivity contribution in [3.8, 4) is 11.5 Å². The molecule has 0 spiro atoms. The predicted octanol–water partition coefficient (Wildman–Crippen LogP) is 3.63. The van der Waals surface area contributed by atoms with E-state index in [9.17, 15) is 0 Å². The van der Waals surface area contributed by atoms with E-state index in [-0.39, 0.29) is 6.04 Å². The van der Waals surface area contributed by atoms with E-state index in [1.807, 2.05) is 25.2 Å². The third kappa shape index (κ3) is 3.19. The van der Waals surface area contributed by atoms with Crippen LogP contribution in [0.15, 0.2) is 36.4 Å². The van der Waals surface area contributed by atoms with E-state index in [0.717, 1.165) is 17.1 Å². The van der Waals surface area contributed by atoms with Crippen molar-refractivity contribution in [3.05, 3.63) is 58.7 Å². The number of rotatable bonds is 5. The number of hydrogen-bond donors (Lipinski definition) is 1. The summed E-state index contributed by atoms with van der Waals surface area (Å²) in [5.74, 6) is 1.60. The highest BCUT2D eigenvalue weighted by Crippen LogP contribution is 2.31. The normalized spacial score (nSPS) is 12.0. The Morgan fingerprint density at radius 3 is 2.10 bits per heavy atom. The number of methoxy groups -OCH3 is 2. The molecular weight excluding hydrogens is 262 g/mol. The standard InChI is InChI=1S/C18H23NO2/c1-12-7-6-8-17(13(12)2)18(19-3)14-9-15(20-4)11-16(10-14)21-5/h6-11,18-19H,1-5H3. The Hall–Kier alpha value is -2.00. The molecule has 0 fully saturated rings. The van der Waals surface area contributed by atoms with Gasteiger partial charge in [0.2, 0.25) is 0 Å². The molecule has 3 heteroatoms. The van der Waals surface area contributed by atoms with Crippen molar-refractivity contribution < 1.29 is 9.47 Å². The molecule has 2 aromatic rings. The maximum Gasteiger partial charge on any atom is 0.122 e. The SMILES string of the molecule is CNC(c1cc(OC)cc(OC)c1)c1cccc(C)c1C. The average Bonchev–Trinajstić information content (AvgIpc) is 2.51. The van der Waals surface area contributed by atoms with Crippen molar-refractivity contribution >= 4 is 0 Å². The topological polar surface area (TPSA) is 30.5 Å². The lowest BCUT2D eigenvalue weighted by Crippen LogP contribution is -2.19. The number of ether oxygens (including phenoxy) is 2. The molecule has 0 heterocycles. The highest BCUT2D eigenvalue weighted by atomic mass is 16.5. The van der Waals surface area contributed by atoms with Gasteiger partial charge in [0.25, 0.3) is 0 Å². The Labute approximate surface area is 126 Å². The van der Waals surface area contributed by atoms with E-state index in [2.05, 4.69) is 37.4 Å². The first-order chi connectivity index (χ1) is 10.1. The van der Waals surface area contributed by atoms with Crippen LogP contribution in [-0.4, -0.2) is 21.3 Å². The van der Waals surface area contributed by atoms with E-state index >= 15 is 0 Å². The van der Waals surface area contributed by atoms with E-state index in [0.29, 0.717) is 0 Å². The summed E-state index contributed by atoms with van der Waals surface area (Å²) in [4.78, 5) is 0. The molecule has 0 saturated carbocycles. The number of aryl methyl sites for hydroxylation is 1. The summed E-state index contributed by atoms with van der Waals surface area (Å²) in [6, 6.07) is 12.5. The van der Waals surface area contributed by atoms with Crippen molar-refractivity contribution in [1.29, 1.82) is 0 Å². The summed E-state index contributed by atoms with van der Waals surface area (Å²) in [6.45, 7) is 4.30. The summed E-state index contributed by atoms with van der Waals surface area (Å²) < 4.78 is 10.7. The summed E-state index contributed by atoms with van der Waals surface area (Å²) >= 11 is 0. The van der Waals surface area contributed by atoms with Gasteiger partial charge >= 0.3 is 0 Å². The minimum Gasteiger partial charge on any atom is -0.497 e. The van der Waals surface area contributed by atoms with Crippen molar-refractivity contribution in [2.75, 3.05) is 21.3 Å². The van der Waals surface area contributed by atoms with Crippen molar-refractivity contribution in [1.82, 2.24) is 5.32 Å². The van der Waals surface area contributed by atoms with E-state index in [1.54, 1.807) is 14.2 Å². The van der Waals surface area contributed by atoms with Gasteiger partial charge in [-0.1, -0.05) is 18.2 Å². The van der Waals surface area contributed by atoms with Gasteiger partial charge in [-0.25, -0.2) is 0 Å². The Bertz CT molecular complexity index is 600. The van der Waals surface area contributed by atoms with Gasteiger partial charge in [-0.05, 0) is 55.3 Å². The molecule has 0 bridgehead atoms. The molecule has 2 aromatic carbocycles. The van der Waals surface area contributed by atoms with Crippen LogP contribution >= 0.6 is 0 Å². The smallest absolute Gasteiger partial charge is 0.122 e. The van der Waals surface area contributed by atoms with Gasteiger partial charge < -0.3 is 14.8 Å². The third-order valence-electron chi connectivity index (χ3n) is 3.95. The first kappa shape index (κ1) is 15.4. The number of hydrogen-bond acceptors (Lipinski definition) is 3. The fourth-order valence-corrected chi connectivity index (χ4v) is 2.58. The van der Waals surface area contributed by atoms with Crippen LogP contribution in [0, 0.1) is 13.8 Å². The molecule has 0 aliphatic rings. The zero-order valence-corrected chi connectivity index (χ0v) is 13.4. The second-order valence-electron chi connectivity index (χ2n) is 5.16. The molecule has 2 rings (SSSR count). The van der Waals surface area contributed by atoms with E-state index in [1.165, 1.54) is 16.7 Å². The highest BCUT2D eigenvalue weighted by molar-refractivity contribution is 5.46. The lowest BCUT2D eigenvalue weighted by atomic mass is 9.92. The second kappa shape index (κ2) is 6.64. The molecule has 0 aromatic heterocycles. The monoisotopic (exact) mass is 285 g/mol. The van der Waals surface area contributed by atoms with Crippen LogP contribution in [0.1, 0.15) is 28.3 Å². The fraction of sp³-hybridized carbons (Fsp3) is 0.333. The number of nitrogens with one attached hydrogen (secondary N) is 1. The molecule has 21 heavy (non-hydrogen) atoms. The van der Waals surface area contributed by atoms with Crippen LogP contribution in [0.5, 0.6) is 11.5 Å². The van der Waals surface area contributed by atoms with Gasteiger partial charge in [-0.3, -0.25) is 0 Å². The van der Waals surface area contributed by atoms with Crippen LogP contribution in [0.3, 0.4) is 0 Å². The molecule has 3 nitrogen and oxygen atoms in total. The average molecular weight is 285 g/mol. The summed E-state index contributed by atoms with van der Waals surface area (Å²) in [5, 5.41) is 3.39. The van der Waals surface area contributed by atoms with Crippen LogP contribution in [0.25, 0.3) is 0 Å². The van der Waals surface area contributed by atoms with Gasteiger partial charge in [-0.2, -0.15) is 0 Å². The zero-order chi connectivity index (χ0) is 15.4. The number of benzene rings is 2. The first-order valence-electron chi connectivity index (χ1n) is 7.07. The molecule has 1 N–H and O–H groups in total. The van der Waals surface area contributed by atoms with Gasteiger partial charge in [0, 0.05) is 6.07 Å². The second-order valence-corrected chi connectivity index (χ2v) is 5.16. The van der Waals surface area contributed by atoms with E-state index < -0.39 is 0 Å². The van der Waals surface area contributed by atoms with Crippen molar-refractivity contribution in [2.24, 2.45) is 0 Å². The largest absolute Gasteiger partial charge is 0.497 e. The van der Waals surface area contributed by atoms with Gasteiger partial charge in [0.05, 0.1) is 20.3 Å². The molecule has 0 aliphatic heterocycles. The zero-order valence-electron chi connectivity index (χ0n) is 13.4. The fourth-order valence-electron chi connectivity index (χ4n) is 2.58. The predicted molar refractivity (Wildman–Crippen MR) is 86.4 cm³/mol. The Morgan fingerprint density at radius 2 is 1.57 bits per heavy atom. The van der Waals surface area contributed by atoms with Crippen LogP contribution < -0.4 is 14.8 Å². The van der Waals surface area contributed by atoms with Gasteiger partial charge in [0.15, 0.2) is 0 Å². The minimum atomic E-state index is 0.105. The summed E-state index contributed by atoms with van der Waals surface area (Å²) in [5.41, 5.74) is 5.00. The highest BCUT2D eigenvalue weighted by Gasteiger charge is 2.17. The van der Waals surface area contributed by atoms with Gasteiger partial charge in [-0.15, -0.1) is 0 Å². The lowest BCUT2D eigenvalue weighted by Gasteiger charge is -2.21. The Balaban J connectivity index is 2.53. The third-order valence-corrected chi connectivity index (χ3v) is 3.95. The van der Waals surface area contributed by atoms with Crippen LogP contribution in [0.4, 0.5) is 0 Å². The summed E-state index contributed by atoms with van der Waals surface area (Å²) in [7, 11) is 5.31. The molecule has 0 amide bonds. The molecule has 1 atom stereocenters. The van der Waals surface area contributed by atoms with E-state index in [4.69, 9.17) is 9.47 Å². The maximum atomic E-state index is 5.37. The molecule has 0 saturated heterocycles. The van der Waals surface area contributed by atoms with Crippen LogP contribution in [0.2, 0.25) is 0 Å². The molecular formula is C18H23NO2. The van der Waals surface area contributed by atoms with Crippen molar-refractivity contribution in [3.63, 3.8) is 0 Å². The Morgan fingerprint density at radius 1 is 0.952 bits per heavy atom. The molecule has 0 aliphatic carbocycles.